The van der Waals surface area contributed by atoms with E-state index in [1.807, 2.05) is 44.2 Å². The maximum Gasteiger partial charge on any atom is 0.274 e. The van der Waals surface area contributed by atoms with Gasteiger partial charge in [-0.2, -0.15) is 0 Å². The summed E-state index contributed by atoms with van der Waals surface area (Å²) >= 11 is 0. The molecule has 1 aromatic heterocycles. The molecule has 3 rings (SSSR count). The number of benzene rings is 2. The number of nitrogens with zero attached hydrogens (tertiary/aromatic N) is 2. The van der Waals surface area contributed by atoms with E-state index >= 15 is 0 Å². The van der Waals surface area contributed by atoms with Gasteiger partial charge in [-0.3, -0.25) is 9.63 Å². The molecule has 3 aromatic rings. The number of fused-ring (bicyclic) bond motifs is 1. The molecule has 0 radical (unpaired) electrons. The minimum atomic E-state index is -0.303. The zero-order valence-electron chi connectivity index (χ0n) is 13.0. The average molecular weight is 307 g/mol. The number of carbonyl (C=O) groups is 1. The van der Waals surface area contributed by atoms with Crippen molar-refractivity contribution in [3.63, 3.8) is 0 Å². The molecule has 0 bridgehead atoms. The molecule has 0 aliphatic carbocycles. The average Bonchev–Trinajstić information content (AvgIpc) is 2.56. The number of hydroxylamine groups is 1. The lowest BCUT2D eigenvalue weighted by Gasteiger charge is -2.07. The third-order valence-corrected chi connectivity index (χ3v) is 3.58. The van der Waals surface area contributed by atoms with Gasteiger partial charge < -0.3 is 0 Å². The number of nitrogens with one attached hydrogen (secondary N) is 1. The van der Waals surface area contributed by atoms with Gasteiger partial charge in [0.25, 0.3) is 5.91 Å². The van der Waals surface area contributed by atoms with E-state index in [0.29, 0.717) is 17.7 Å². The van der Waals surface area contributed by atoms with Gasteiger partial charge in [0.05, 0.1) is 29.0 Å². The molecule has 0 saturated heterocycles. The number of hydrogen-bond donors (Lipinski definition) is 1. The highest BCUT2D eigenvalue weighted by molar-refractivity contribution is 5.96. The van der Waals surface area contributed by atoms with Gasteiger partial charge in [0.1, 0.15) is 0 Å². The van der Waals surface area contributed by atoms with Crippen LogP contribution in [0.3, 0.4) is 0 Å². The lowest BCUT2D eigenvalue weighted by atomic mass is 10.1. The largest absolute Gasteiger partial charge is 0.274 e. The highest BCUT2D eigenvalue weighted by atomic mass is 16.6. The maximum atomic E-state index is 12.1. The van der Waals surface area contributed by atoms with Crippen molar-refractivity contribution in [1.82, 2.24) is 15.4 Å². The van der Waals surface area contributed by atoms with Crippen molar-refractivity contribution in [2.75, 3.05) is 0 Å². The Kier molecular flexibility index (Phi) is 4.30. The Labute approximate surface area is 134 Å². The molecular formula is C18H17N3O2. The first kappa shape index (κ1) is 15.1. The van der Waals surface area contributed by atoms with Gasteiger partial charge >= 0.3 is 0 Å². The lowest BCUT2D eigenvalue weighted by molar-refractivity contribution is 0.0233. The lowest BCUT2D eigenvalue weighted by Crippen LogP contribution is -2.23. The summed E-state index contributed by atoms with van der Waals surface area (Å²) in [6.07, 6.45) is 0. The highest BCUT2D eigenvalue weighted by Gasteiger charge is 2.09. The van der Waals surface area contributed by atoms with E-state index in [-0.39, 0.29) is 5.91 Å². The Morgan fingerprint density at radius 1 is 1.00 bits per heavy atom. The van der Waals surface area contributed by atoms with Gasteiger partial charge in [-0.15, -0.1) is 0 Å². The standard InChI is InChI=1S/C18H17N3O2/c1-12-13(2)20-17-10-15(8-9-16(17)19-12)18(22)21-23-11-14-6-4-3-5-7-14/h3-10H,11H2,1-2H3,(H,21,22). The third kappa shape index (κ3) is 3.52. The molecule has 0 atom stereocenters. The summed E-state index contributed by atoms with van der Waals surface area (Å²) in [7, 11) is 0. The van der Waals surface area contributed by atoms with Crippen molar-refractivity contribution in [2.24, 2.45) is 0 Å². The Morgan fingerprint density at radius 3 is 2.43 bits per heavy atom. The highest BCUT2D eigenvalue weighted by Crippen LogP contribution is 2.14. The van der Waals surface area contributed by atoms with E-state index in [1.165, 1.54) is 0 Å². The number of amides is 1. The molecule has 0 saturated carbocycles. The van der Waals surface area contributed by atoms with Crippen LogP contribution in [-0.2, 0) is 11.4 Å². The van der Waals surface area contributed by atoms with Crippen LogP contribution in [0.15, 0.2) is 48.5 Å². The summed E-state index contributed by atoms with van der Waals surface area (Å²) in [6.45, 7) is 4.13. The second-order valence-electron chi connectivity index (χ2n) is 5.30. The van der Waals surface area contributed by atoms with Crippen molar-refractivity contribution >= 4 is 16.9 Å². The van der Waals surface area contributed by atoms with Crippen LogP contribution in [0, 0.1) is 13.8 Å². The van der Waals surface area contributed by atoms with E-state index < -0.39 is 0 Å². The molecule has 23 heavy (non-hydrogen) atoms. The number of aromatic nitrogens is 2. The first-order valence-electron chi connectivity index (χ1n) is 7.34. The van der Waals surface area contributed by atoms with Crippen LogP contribution in [-0.4, -0.2) is 15.9 Å². The van der Waals surface area contributed by atoms with Crippen LogP contribution >= 0.6 is 0 Å². The van der Waals surface area contributed by atoms with Crippen molar-refractivity contribution in [1.29, 1.82) is 0 Å². The molecule has 0 spiro atoms. The van der Waals surface area contributed by atoms with E-state index in [4.69, 9.17) is 4.84 Å². The van der Waals surface area contributed by atoms with E-state index in [0.717, 1.165) is 22.5 Å². The zero-order valence-corrected chi connectivity index (χ0v) is 13.0. The molecule has 0 aliphatic heterocycles. The molecule has 1 N–H and O–H groups in total. The summed E-state index contributed by atoms with van der Waals surface area (Å²) in [5.41, 5.74) is 7.15. The van der Waals surface area contributed by atoms with E-state index in [1.54, 1.807) is 18.2 Å². The van der Waals surface area contributed by atoms with Crippen molar-refractivity contribution in [3.8, 4) is 0 Å². The first-order valence-corrected chi connectivity index (χ1v) is 7.34. The maximum absolute atomic E-state index is 12.1. The normalized spacial score (nSPS) is 10.7. The fraction of sp³-hybridized carbons (Fsp3) is 0.167. The van der Waals surface area contributed by atoms with Crippen molar-refractivity contribution < 1.29 is 9.63 Å². The fourth-order valence-electron chi connectivity index (χ4n) is 2.19. The topological polar surface area (TPSA) is 64.1 Å². The van der Waals surface area contributed by atoms with Crippen LogP contribution in [0.25, 0.3) is 11.0 Å². The zero-order chi connectivity index (χ0) is 16.2. The van der Waals surface area contributed by atoms with Gasteiger partial charge in [0.15, 0.2) is 0 Å². The quantitative estimate of drug-likeness (QED) is 0.752. The molecule has 2 aromatic carbocycles. The number of rotatable bonds is 4. The number of carbonyl (C=O) groups excluding carboxylic acids is 1. The van der Waals surface area contributed by atoms with Crippen LogP contribution in [0.4, 0.5) is 0 Å². The third-order valence-electron chi connectivity index (χ3n) is 3.58. The SMILES string of the molecule is Cc1nc2ccc(C(=O)NOCc3ccccc3)cc2nc1C. The first-order chi connectivity index (χ1) is 11.1. The predicted molar refractivity (Wildman–Crippen MR) is 87.7 cm³/mol. The van der Waals surface area contributed by atoms with Crippen molar-refractivity contribution in [2.45, 2.75) is 20.5 Å². The molecule has 0 fully saturated rings. The second kappa shape index (κ2) is 6.54. The summed E-state index contributed by atoms with van der Waals surface area (Å²) in [5, 5.41) is 0. The van der Waals surface area contributed by atoms with Gasteiger partial charge in [0, 0.05) is 5.56 Å². The molecule has 0 unspecified atom stereocenters. The summed E-state index contributed by atoms with van der Waals surface area (Å²) in [4.78, 5) is 26.3. The summed E-state index contributed by atoms with van der Waals surface area (Å²) in [5.74, 6) is -0.303. The van der Waals surface area contributed by atoms with Crippen LogP contribution in [0.2, 0.25) is 0 Å². The molecule has 116 valence electrons. The molecule has 5 nitrogen and oxygen atoms in total. The Balaban J connectivity index is 1.69. The van der Waals surface area contributed by atoms with Crippen LogP contribution in [0.5, 0.6) is 0 Å². The Morgan fingerprint density at radius 2 is 1.70 bits per heavy atom. The van der Waals surface area contributed by atoms with Gasteiger partial charge in [-0.1, -0.05) is 30.3 Å². The smallest absolute Gasteiger partial charge is 0.269 e. The summed E-state index contributed by atoms with van der Waals surface area (Å²) < 4.78 is 0. The second-order valence-corrected chi connectivity index (χ2v) is 5.30. The van der Waals surface area contributed by atoms with Gasteiger partial charge in [-0.05, 0) is 37.6 Å². The fourth-order valence-corrected chi connectivity index (χ4v) is 2.19. The molecular weight excluding hydrogens is 290 g/mol. The molecule has 1 heterocycles. The van der Waals surface area contributed by atoms with Gasteiger partial charge in [-0.25, -0.2) is 15.4 Å². The molecule has 1 amide bonds. The molecule has 0 aliphatic rings. The number of hydrogen-bond acceptors (Lipinski definition) is 4. The van der Waals surface area contributed by atoms with Gasteiger partial charge in [0.2, 0.25) is 0 Å². The number of aryl methyl sites for hydroxylation is 2. The predicted octanol–water partition coefficient (Wildman–Crippen LogP) is 3.11. The Bertz CT molecular complexity index is 848. The van der Waals surface area contributed by atoms with Crippen molar-refractivity contribution in [3.05, 3.63) is 71.0 Å². The van der Waals surface area contributed by atoms with Crippen LogP contribution < -0.4 is 5.48 Å². The molecule has 5 heteroatoms. The van der Waals surface area contributed by atoms with E-state index in [2.05, 4.69) is 15.4 Å². The van der Waals surface area contributed by atoms with Crippen LogP contribution in [0.1, 0.15) is 27.3 Å². The summed E-state index contributed by atoms with van der Waals surface area (Å²) in [6, 6.07) is 14.9. The van der Waals surface area contributed by atoms with E-state index in [9.17, 15) is 4.79 Å². The minimum Gasteiger partial charge on any atom is -0.269 e. The Hall–Kier alpha value is -2.79. The monoisotopic (exact) mass is 307 g/mol. The minimum absolute atomic E-state index is 0.303.